The fourth-order valence-corrected chi connectivity index (χ4v) is 1.98. The van der Waals surface area contributed by atoms with Crippen LogP contribution in [0, 0.1) is 6.92 Å². The maximum Gasteiger partial charge on any atom is 0.239 e. The molecular formula is C16H24N2O3. The van der Waals surface area contributed by atoms with Gasteiger partial charge in [0.1, 0.15) is 0 Å². The number of hydrogen-bond acceptors (Lipinski definition) is 3. The van der Waals surface area contributed by atoms with Gasteiger partial charge in [-0.3, -0.25) is 9.59 Å². The molecule has 0 aliphatic heterocycles. The smallest absolute Gasteiger partial charge is 0.239 e. The Morgan fingerprint density at radius 3 is 2.62 bits per heavy atom. The third-order valence-electron chi connectivity index (χ3n) is 3.29. The number of carbonyl (C=O) groups is 2. The molecule has 5 nitrogen and oxygen atoms in total. The zero-order valence-corrected chi connectivity index (χ0v) is 13.0. The average Bonchev–Trinajstić information content (AvgIpc) is 2.45. The molecule has 1 N–H and O–H groups in total. The van der Waals surface area contributed by atoms with E-state index < -0.39 is 0 Å². The van der Waals surface area contributed by atoms with E-state index in [0.29, 0.717) is 19.7 Å². The van der Waals surface area contributed by atoms with E-state index in [2.05, 4.69) is 5.32 Å². The van der Waals surface area contributed by atoms with E-state index in [1.165, 1.54) is 11.8 Å². The molecule has 0 fully saturated rings. The first-order valence-corrected chi connectivity index (χ1v) is 7.10. The van der Waals surface area contributed by atoms with Crippen LogP contribution in [0.5, 0.6) is 0 Å². The third kappa shape index (κ3) is 6.40. The van der Waals surface area contributed by atoms with Crippen LogP contribution in [-0.2, 0) is 20.9 Å². The molecule has 0 spiro atoms. The van der Waals surface area contributed by atoms with Crippen LogP contribution < -0.4 is 5.32 Å². The van der Waals surface area contributed by atoms with Crippen LogP contribution >= 0.6 is 0 Å². The molecule has 116 valence electrons. The Kier molecular flexibility index (Phi) is 7.46. The molecule has 1 aromatic carbocycles. The van der Waals surface area contributed by atoms with E-state index in [0.717, 1.165) is 17.5 Å². The number of benzene rings is 1. The Balaban J connectivity index is 2.43. The van der Waals surface area contributed by atoms with Crippen molar-refractivity contribution < 1.29 is 14.3 Å². The molecule has 0 radical (unpaired) electrons. The van der Waals surface area contributed by atoms with Crippen molar-refractivity contribution >= 4 is 11.8 Å². The summed E-state index contributed by atoms with van der Waals surface area (Å²) >= 11 is 0. The molecule has 0 aromatic heterocycles. The van der Waals surface area contributed by atoms with E-state index in [9.17, 15) is 9.59 Å². The van der Waals surface area contributed by atoms with Crippen LogP contribution in [0.1, 0.15) is 24.5 Å². The van der Waals surface area contributed by atoms with E-state index in [-0.39, 0.29) is 18.4 Å². The number of hydrogen-bond donors (Lipinski definition) is 1. The van der Waals surface area contributed by atoms with Gasteiger partial charge in [-0.05, 0) is 24.5 Å². The predicted molar refractivity (Wildman–Crippen MR) is 81.8 cm³/mol. The molecule has 0 aliphatic rings. The van der Waals surface area contributed by atoms with E-state index in [1.807, 2.05) is 31.2 Å². The minimum Gasteiger partial charge on any atom is -0.385 e. The lowest BCUT2D eigenvalue weighted by molar-refractivity contribution is -0.134. The average molecular weight is 292 g/mol. The maximum atomic E-state index is 11.9. The number of aryl methyl sites for hydroxylation is 1. The lowest BCUT2D eigenvalue weighted by Gasteiger charge is -2.20. The summed E-state index contributed by atoms with van der Waals surface area (Å²) in [5.41, 5.74) is 2.22. The second-order valence-electron chi connectivity index (χ2n) is 4.99. The lowest BCUT2D eigenvalue weighted by atomic mass is 10.1. The summed E-state index contributed by atoms with van der Waals surface area (Å²) in [6, 6.07) is 7.90. The van der Waals surface area contributed by atoms with E-state index in [4.69, 9.17) is 4.74 Å². The Bertz CT molecular complexity index is 474. The van der Waals surface area contributed by atoms with Crippen molar-refractivity contribution in [3.05, 3.63) is 35.4 Å². The Morgan fingerprint density at radius 1 is 1.29 bits per heavy atom. The monoisotopic (exact) mass is 292 g/mol. The second kappa shape index (κ2) is 9.13. The van der Waals surface area contributed by atoms with Crippen LogP contribution in [0.4, 0.5) is 0 Å². The van der Waals surface area contributed by atoms with Crippen molar-refractivity contribution in [2.24, 2.45) is 0 Å². The summed E-state index contributed by atoms with van der Waals surface area (Å²) < 4.78 is 4.96. The minimum atomic E-state index is -0.147. The zero-order chi connectivity index (χ0) is 15.7. The fourth-order valence-electron chi connectivity index (χ4n) is 1.98. The van der Waals surface area contributed by atoms with Crippen LogP contribution in [0.25, 0.3) is 0 Å². The van der Waals surface area contributed by atoms with Crippen molar-refractivity contribution in [2.45, 2.75) is 26.8 Å². The molecule has 0 unspecified atom stereocenters. The molecular weight excluding hydrogens is 268 g/mol. The molecule has 0 saturated heterocycles. The highest BCUT2D eigenvalue weighted by atomic mass is 16.5. The summed E-state index contributed by atoms with van der Waals surface area (Å²) in [4.78, 5) is 25.0. The predicted octanol–water partition coefficient (Wildman–Crippen LogP) is 1.50. The molecule has 21 heavy (non-hydrogen) atoms. The lowest BCUT2D eigenvalue weighted by Crippen LogP contribution is -2.40. The molecule has 0 atom stereocenters. The first-order chi connectivity index (χ1) is 10.0. The number of methoxy groups -OCH3 is 1. The zero-order valence-electron chi connectivity index (χ0n) is 13.0. The maximum absolute atomic E-state index is 11.9. The van der Waals surface area contributed by atoms with Gasteiger partial charge in [-0.2, -0.15) is 0 Å². The Labute approximate surface area is 126 Å². The third-order valence-corrected chi connectivity index (χ3v) is 3.29. The summed E-state index contributed by atoms with van der Waals surface area (Å²) in [5, 5.41) is 2.85. The molecule has 0 heterocycles. The molecule has 2 amide bonds. The summed E-state index contributed by atoms with van der Waals surface area (Å²) in [6.07, 6.45) is 0.723. The van der Waals surface area contributed by atoms with Crippen LogP contribution in [0.15, 0.2) is 24.3 Å². The standard InChI is InChI=1S/C16H24N2O3/c1-13-7-4-5-8-15(13)11-17-16(20)12-18(14(2)19)9-6-10-21-3/h4-5,7-8H,6,9-12H2,1-3H3,(H,17,20). The van der Waals surface area contributed by atoms with E-state index >= 15 is 0 Å². The molecule has 1 aromatic rings. The van der Waals surface area contributed by atoms with Gasteiger partial charge in [0.25, 0.3) is 0 Å². The number of carbonyl (C=O) groups excluding carboxylic acids is 2. The molecule has 0 aliphatic carbocycles. The Hall–Kier alpha value is -1.88. The molecule has 0 bridgehead atoms. The summed E-state index contributed by atoms with van der Waals surface area (Å²) in [5.74, 6) is -0.247. The summed E-state index contributed by atoms with van der Waals surface area (Å²) in [6.45, 7) is 5.16. The number of nitrogens with one attached hydrogen (secondary N) is 1. The largest absolute Gasteiger partial charge is 0.385 e. The van der Waals surface area contributed by atoms with Gasteiger partial charge in [0.05, 0.1) is 6.54 Å². The molecule has 5 heteroatoms. The normalized spacial score (nSPS) is 10.2. The van der Waals surface area contributed by atoms with E-state index in [1.54, 1.807) is 7.11 Å². The van der Waals surface area contributed by atoms with Gasteiger partial charge in [-0.15, -0.1) is 0 Å². The number of nitrogens with zero attached hydrogens (tertiary/aromatic N) is 1. The number of amides is 2. The van der Waals surface area contributed by atoms with Gasteiger partial charge in [0.2, 0.25) is 11.8 Å². The van der Waals surface area contributed by atoms with Crippen LogP contribution in [-0.4, -0.2) is 43.5 Å². The SMILES string of the molecule is COCCCN(CC(=O)NCc1ccccc1C)C(C)=O. The highest BCUT2D eigenvalue weighted by molar-refractivity contribution is 5.83. The number of rotatable bonds is 8. The molecule has 0 saturated carbocycles. The van der Waals surface area contributed by atoms with Gasteiger partial charge in [0, 0.05) is 33.7 Å². The van der Waals surface area contributed by atoms with Crippen LogP contribution in [0.2, 0.25) is 0 Å². The Morgan fingerprint density at radius 2 is 2.00 bits per heavy atom. The van der Waals surface area contributed by atoms with Crippen LogP contribution in [0.3, 0.4) is 0 Å². The van der Waals surface area contributed by atoms with Crippen molar-refractivity contribution in [3.8, 4) is 0 Å². The highest BCUT2D eigenvalue weighted by Gasteiger charge is 2.13. The van der Waals surface area contributed by atoms with Gasteiger partial charge >= 0.3 is 0 Å². The summed E-state index contributed by atoms with van der Waals surface area (Å²) in [7, 11) is 1.62. The van der Waals surface area contributed by atoms with Gasteiger partial charge < -0.3 is 15.0 Å². The number of ether oxygens (including phenoxy) is 1. The van der Waals surface area contributed by atoms with Crippen molar-refractivity contribution in [2.75, 3.05) is 26.8 Å². The highest BCUT2D eigenvalue weighted by Crippen LogP contribution is 2.06. The quantitative estimate of drug-likeness (QED) is 0.739. The van der Waals surface area contributed by atoms with Gasteiger partial charge in [-0.25, -0.2) is 0 Å². The van der Waals surface area contributed by atoms with Crippen molar-refractivity contribution in [1.29, 1.82) is 0 Å². The molecule has 1 rings (SSSR count). The minimum absolute atomic E-state index is 0.0882. The topological polar surface area (TPSA) is 58.6 Å². The van der Waals surface area contributed by atoms with Gasteiger partial charge in [0.15, 0.2) is 0 Å². The van der Waals surface area contributed by atoms with Crippen molar-refractivity contribution in [1.82, 2.24) is 10.2 Å². The fraction of sp³-hybridized carbons (Fsp3) is 0.500. The second-order valence-corrected chi connectivity index (χ2v) is 4.99. The van der Waals surface area contributed by atoms with Gasteiger partial charge in [-0.1, -0.05) is 24.3 Å². The first kappa shape index (κ1) is 17.2. The first-order valence-electron chi connectivity index (χ1n) is 7.10. The van der Waals surface area contributed by atoms with Crippen molar-refractivity contribution in [3.63, 3.8) is 0 Å².